The van der Waals surface area contributed by atoms with E-state index in [9.17, 15) is 18.0 Å². The van der Waals surface area contributed by atoms with Gasteiger partial charge in [0.05, 0.1) is 22.6 Å². The number of nitrogens with zero attached hydrogens (tertiary/aromatic N) is 2. The molecule has 0 saturated heterocycles. The number of hydrogen-bond acceptors (Lipinski definition) is 4. The average Bonchev–Trinajstić information content (AvgIpc) is 3.09. The van der Waals surface area contributed by atoms with E-state index in [-0.39, 0.29) is 23.0 Å². The van der Waals surface area contributed by atoms with Gasteiger partial charge in [-0.1, -0.05) is 0 Å². The summed E-state index contributed by atoms with van der Waals surface area (Å²) in [6.07, 6.45) is -3.73. The maximum Gasteiger partial charge on any atom is 0.586 e. The summed E-state index contributed by atoms with van der Waals surface area (Å²) < 4.78 is 49.6. The fourth-order valence-corrected chi connectivity index (χ4v) is 3.03. The lowest BCUT2D eigenvalue weighted by Gasteiger charge is -2.07. The Morgan fingerprint density at radius 2 is 1.75 bits per heavy atom. The number of nitrogens with one attached hydrogen (secondary N) is 1. The van der Waals surface area contributed by atoms with Crippen LogP contribution in [0.1, 0.15) is 21.7 Å². The maximum atomic E-state index is 13.1. The van der Waals surface area contributed by atoms with E-state index in [0.29, 0.717) is 22.6 Å². The summed E-state index contributed by atoms with van der Waals surface area (Å²) in [4.78, 5) is 12.7. The number of hydrogen-bond donors (Lipinski definition) is 1. The second kappa shape index (κ2) is 6.29. The Hall–Kier alpha value is -3.49. The second-order valence-electron chi connectivity index (χ2n) is 6.22. The van der Waals surface area contributed by atoms with Crippen LogP contribution in [-0.4, -0.2) is 22.0 Å². The minimum Gasteiger partial charge on any atom is -0.395 e. The normalized spacial score (nSPS) is 14.2. The topological polar surface area (TPSA) is 65.4 Å². The second-order valence-corrected chi connectivity index (χ2v) is 6.22. The van der Waals surface area contributed by atoms with Crippen molar-refractivity contribution >= 4 is 11.6 Å². The standard InChI is InChI=1S/C19H14F3N3O3/c1-10-17(11(2)25(24-10)14-6-3-12(20)4-7-14)18(26)23-13-5-8-15-16(9-13)28-19(21,22)27-15/h3-9H,1-2H3,(H,23,26). The Labute approximate surface area is 157 Å². The van der Waals surface area contributed by atoms with Crippen LogP contribution < -0.4 is 14.8 Å². The summed E-state index contributed by atoms with van der Waals surface area (Å²) >= 11 is 0. The van der Waals surface area contributed by atoms with Gasteiger partial charge in [-0.15, -0.1) is 8.78 Å². The van der Waals surface area contributed by atoms with E-state index in [0.717, 1.165) is 0 Å². The van der Waals surface area contributed by atoms with Crippen molar-refractivity contribution in [3.8, 4) is 17.2 Å². The van der Waals surface area contributed by atoms with Crippen molar-refractivity contribution in [2.24, 2.45) is 0 Å². The lowest BCUT2D eigenvalue weighted by Crippen LogP contribution is -2.25. The van der Waals surface area contributed by atoms with Crippen LogP contribution >= 0.6 is 0 Å². The van der Waals surface area contributed by atoms with Crippen molar-refractivity contribution < 1.29 is 27.4 Å². The number of carbonyl (C=O) groups excluding carboxylic acids is 1. The number of rotatable bonds is 3. The monoisotopic (exact) mass is 389 g/mol. The van der Waals surface area contributed by atoms with Gasteiger partial charge in [-0.25, -0.2) is 9.07 Å². The predicted molar refractivity (Wildman–Crippen MR) is 93.6 cm³/mol. The molecular formula is C19H14F3N3O3. The minimum absolute atomic E-state index is 0.112. The highest BCUT2D eigenvalue weighted by atomic mass is 19.3. The Morgan fingerprint density at radius 3 is 2.46 bits per heavy atom. The molecule has 1 aliphatic rings. The van der Waals surface area contributed by atoms with Crippen LogP contribution in [0.4, 0.5) is 18.9 Å². The van der Waals surface area contributed by atoms with Gasteiger partial charge in [-0.3, -0.25) is 4.79 Å². The molecule has 0 radical (unpaired) electrons. The third kappa shape index (κ3) is 3.15. The summed E-state index contributed by atoms with van der Waals surface area (Å²) in [7, 11) is 0. The number of benzene rings is 2. The van der Waals surface area contributed by atoms with Crippen LogP contribution in [0.25, 0.3) is 5.69 Å². The van der Waals surface area contributed by atoms with Crippen LogP contribution in [0.5, 0.6) is 11.5 Å². The van der Waals surface area contributed by atoms with Gasteiger partial charge in [0.25, 0.3) is 5.91 Å². The number of anilines is 1. The number of ether oxygens (including phenoxy) is 2. The first-order valence-electron chi connectivity index (χ1n) is 8.27. The van der Waals surface area contributed by atoms with Crippen LogP contribution in [0, 0.1) is 19.7 Å². The molecule has 0 saturated carbocycles. The van der Waals surface area contributed by atoms with Crippen molar-refractivity contribution in [1.82, 2.24) is 9.78 Å². The molecule has 0 atom stereocenters. The van der Waals surface area contributed by atoms with E-state index >= 15 is 0 Å². The van der Waals surface area contributed by atoms with E-state index < -0.39 is 12.2 Å². The molecule has 28 heavy (non-hydrogen) atoms. The molecular weight excluding hydrogens is 375 g/mol. The summed E-state index contributed by atoms with van der Waals surface area (Å²) in [5.74, 6) is -1.12. The molecule has 4 rings (SSSR count). The Balaban J connectivity index is 1.60. The smallest absolute Gasteiger partial charge is 0.395 e. The highest BCUT2D eigenvalue weighted by Gasteiger charge is 2.43. The Bertz CT molecular complexity index is 1080. The van der Waals surface area contributed by atoms with Crippen molar-refractivity contribution in [3.05, 3.63) is 65.2 Å². The number of amides is 1. The molecule has 0 aliphatic carbocycles. The lowest BCUT2D eigenvalue weighted by atomic mass is 10.1. The van der Waals surface area contributed by atoms with E-state index in [1.165, 1.54) is 35.0 Å². The number of aryl methyl sites for hydroxylation is 1. The molecule has 0 fully saturated rings. The molecule has 1 aliphatic heterocycles. The third-order valence-corrected chi connectivity index (χ3v) is 4.25. The van der Waals surface area contributed by atoms with Crippen LogP contribution in [0.15, 0.2) is 42.5 Å². The molecule has 3 aromatic rings. The summed E-state index contributed by atoms with van der Waals surface area (Å²) in [5, 5.41) is 6.98. The van der Waals surface area contributed by atoms with Gasteiger partial charge in [-0.05, 0) is 50.2 Å². The van der Waals surface area contributed by atoms with E-state index in [1.54, 1.807) is 26.0 Å². The fraction of sp³-hybridized carbons (Fsp3) is 0.158. The predicted octanol–water partition coefficient (Wildman–Crippen LogP) is 4.20. The molecule has 1 amide bonds. The Kier molecular flexibility index (Phi) is 4.02. The van der Waals surface area contributed by atoms with Crippen molar-refractivity contribution in [2.75, 3.05) is 5.32 Å². The van der Waals surface area contributed by atoms with Gasteiger partial charge in [-0.2, -0.15) is 5.10 Å². The summed E-state index contributed by atoms with van der Waals surface area (Å²) in [6, 6.07) is 9.66. The number of alkyl halides is 2. The quantitative estimate of drug-likeness (QED) is 0.729. The molecule has 0 unspecified atom stereocenters. The number of halogens is 3. The van der Waals surface area contributed by atoms with Gasteiger partial charge >= 0.3 is 6.29 Å². The fourth-order valence-electron chi connectivity index (χ4n) is 3.03. The van der Waals surface area contributed by atoms with Crippen molar-refractivity contribution in [2.45, 2.75) is 20.1 Å². The summed E-state index contributed by atoms with van der Waals surface area (Å²) in [5.41, 5.74) is 2.21. The van der Waals surface area contributed by atoms with Crippen molar-refractivity contribution in [3.63, 3.8) is 0 Å². The van der Waals surface area contributed by atoms with Crippen LogP contribution in [0.2, 0.25) is 0 Å². The highest BCUT2D eigenvalue weighted by molar-refractivity contribution is 6.06. The number of aromatic nitrogens is 2. The van der Waals surface area contributed by atoms with Crippen LogP contribution in [0.3, 0.4) is 0 Å². The molecule has 2 aromatic carbocycles. The number of fused-ring (bicyclic) bond motifs is 1. The van der Waals surface area contributed by atoms with Gasteiger partial charge < -0.3 is 14.8 Å². The zero-order chi connectivity index (χ0) is 20.1. The first kappa shape index (κ1) is 17.9. The molecule has 0 bridgehead atoms. The molecule has 1 aromatic heterocycles. The Morgan fingerprint density at radius 1 is 1.07 bits per heavy atom. The molecule has 0 spiro atoms. The zero-order valence-corrected chi connectivity index (χ0v) is 14.8. The molecule has 144 valence electrons. The SMILES string of the molecule is Cc1nn(-c2ccc(F)cc2)c(C)c1C(=O)Nc1ccc2c(c1)OC(F)(F)O2. The van der Waals surface area contributed by atoms with Gasteiger partial charge in [0.15, 0.2) is 11.5 Å². The molecule has 9 heteroatoms. The van der Waals surface area contributed by atoms with E-state index in [1.807, 2.05) is 0 Å². The van der Waals surface area contributed by atoms with Gasteiger partial charge in [0.1, 0.15) is 5.82 Å². The molecule has 1 N–H and O–H groups in total. The van der Waals surface area contributed by atoms with Crippen molar-refractivity contribution in [1.29, 1.82) is 0 Å². The van der Waals surface area contributed by atoms with Gasteiger partial charge in [0.2, 0.25) is 0 Å². The minimum atomic E-state index is -3.73. The molecule has 2 heterocycles. The highest BCUT2D eigenvalue weighted by Crippen LogP contribution is 2.42. The number of carbonyl (C=O) groups is 1. The molecule has 6 nitrogen and oxygen atoms in total. The maximum absolute atomic E-state index is 13.1. The first-order chi connectivity index (χ1) is 13.2. The zero-order valence-electron chi connectivity index (χ0n) is 14.8. The van der Waals surface area contributed by atoms with Crippen LogP contribution in [-0.2, 0) is 0 Å². The third-order valence-electron chi connectivity index (χ3n) is 4.25. The van der Waals surface area contributed by atoms with E-state index in [2.05, 4.69) is 19.9 Å². The lowest BCUT2D eigenvalue weighted by molar-refractivity contribution is -0.286. The summed E-state index contributed by atoms with van der Waals surface area (Å²) in [6.45, 7) is 3.38. The largest absolute Gasteiger partial charge is 0.586 e. The average molecular weight is 389 g/mol. The first-order valence-corrected chi connectivity index (χ1v) is 8.27. The van der Waals surface area contributed by atoms with E-state index in [4.69, 9.17) is 0 Å². The van der Waals surface area contributed by atoms with Gasteiger partial charge in [0, 0.05) is 11.8 Å².